The first kappa shape index (κ1) is 16.5. The summed E-state index contributed by atoms with van der Waals surface area (Å²) in [4.78, 5) is 22.6. The number of halogens is 1. The van der Waals surface area contributed by atoms with Crippen LogP contribution < -0.4 is 10.1 Å². The van der Waals surface area contributed by atoms with E-state index in [-0.39, 0.29) is 12.3 Å². The third-order valence-electron chi connectivity index (χ3n) is 2.84. The molecule has 0 bridgehead atoms. The van der Waals surface area contributed by atoms with Gasteiger partial charge in [-0.25, -0.2) is 4.79 Å². The van der Waals surface area contributed by atoms with Gasteiger partial charge in [-0.05, 0) is 53.9 Å². The first-order valence-electron chi connectivity index (χ1n) is 6.13. The fraction of sp³-hybridized carbons (Fsp3) is 0.429. The van der Waals surface area contributed by atoms with E-state index in [1.54, 1.807) is 7.11 Å². The summed E-state index contributed by atoms with van der Waals surface area (Å²) >= 11 is 3.38. The number of benzene rings is 1. The Morgan fingerprint density at radius 2 is 2.05 bits per heavy atom. The van der Waals surface area contributed by atoms with Gasteiger partial charge in [-0.3, -0.25) is 4.79 Å². The van der Waals surface area contributed by atoms with Crippen molar-refractivity contribution in [2.45, 2.75) is 32.2 Å². The van der Waals surface area contributed by atoms with Gasteiger partial charge in [0.05, 0.1) is 11.6 Å². The Kier molecular flexibility index (Phi) is 5.56. The molecule has 1 aromatic rings. The fourth-order valence-corrected chi connectivity index (χ4v) is 2.18. The zero-order chi connectivity index (χ0) is 15.3. The standard InChI is InChI=1S/C14H18BrNO4/c1-14(2,13(18)19)16-12(17)7-5-9-4-6-11(20-3)10(15)8-9/h4,6,8H,5,7H2,1-3H3,(H,16,17)(H,18,19). The number of carbonyl (C=O) groups is 2. The summed E-state index contributed by atoms with van der Waals surface area (Å²) in [7, 11) is 1.58. The molecule has 0 heterocycles. The lowest BCUT2D eigenvalue weighted by Crippen LogP contribution is -2.49. The van der Waals surface area contributed by atoms with Crippen LogP contribution in [-0.2, 0) is 16.0 Å². The molecule has 0 aliphatic rings. The summed E-state index contributed by atoms with van der Waals surface area (Å²) in [6.07, 6.45) is 0.763. The van der Waals surface area contributed by atoms with E-state index in [0.29, 0.717) is 6.42 Å². The molecule has 0 saturated heterocycles. The molecule has 0 fully saturated rings. The minimum absolute atomic E-state index is 0.232. The number of hydrogen-bond acceptors (Lipinski definition) is 3. The van der Waals surface area contributed by atoms with Crippen LogP contribution in [0.15, 0.2) is 22.7 Å². The zero-order valence-corrected chi connectivity index (χ0v) is 13.3. The lowest BCUT2D eigenvalue weighted by atomic mass is 10.0. The van der Waals surface area contributed by atoms with Gasteiger partial charge in [0.1, 0.15) is 11.3 Å². The van der Waals surface area contributed by atoms with Crippen molar-refractivity contribution in [1.29, 1.82) is 0 Å². The van der Waals surface area contributed by atoms with Crippen molar-refractivity contribution < 1.29 is 19.4 Å². The predicted molar refractivity (Wildman–Crippen MR) is 78.9 cm³/mol. The molecule has 0 spiro atoms. The van der Waals surface area contributed by atoms with Crippen molar-refractivity contribution in [1.82, 2.24) is 5.32 Å². The molecule has 0 aliphatic heterocycles. The van der Waals surface area contributed by atoms with Crippen LogP contribution in [0, 0.1) is 0 Å². The maximum absolute atomic E-state index is 11.7. The van der Waals surface area contributed by atoms with E-state index in [1.165, 1.54) is 13.8 Å². The van der Waals surface area contributed by atoms with Gasteiger partial charge in [-0.15, -0.1) is 0 Å². The van der Waals surface area contributed by atoms with Gasteiger partial charge >= 0.3 is 5.97 Å². The summed E-state index contributed by atoms with van der Waals surface area (Å²) < 4.78 is 5.95. The van der Waals surface area contributed by atoms with Crippen LogP contribution in [0.25, 0.3) is 0 Å². The second-order valence-electron chi connectivity index (χ2n) is 4.95. The van der Waals surface area contributed by atoms with Crippen molar-refractivity contribution in [3.63, 3.8) is 0 Å². The monoisotopic (exact) mass is 343 g/mol. The average Bonchev–Trinajstić information content (AvgIpc) is 2.35. The minimum atomic E-state index is -1.25. The molecule has 2 N–H and O–H groups in total. The number of ether oxygens (including phenoxy) is 1. The molecule has 20 heavy (non-hydrogen) atoms. The lowest BCUT2D eigenvalue weighted by molar-refractivity contribution is -0.146. The molecular weight excluding hydrogens is 326 g/mol. The number of aryl methyl sites for hydroxylation is 1. The van der Waals surface area contributed by atoms with Gasteiger partial charge in [-0.1, -0.05) is 6.07 Å². The number of carbonyl (C=O) groups excluding carboxylic acids is 1. The number of amides is 1. The molecular formula is C14H18BrNO4. The molecule has 6 heteroatoms. The highest BCUT2D eigenvalue weighted by molar-refractivity contribution is 9.10. The topological polar surface area (TPSA) is 75.6 Å². The molecule has 0 atom stereocenters. The molecule has 1 amide bonds. The van der Waals surface area contributed by atoms with Gasteiger partial charge in [0.15, 0.2) is 0 Å². The molecule has 110 valence electrons. The predicted octanol–water partition coefficient (Wildman–Crippen LogP) is 2.37. The highest BCUT2D eigenvalue weighted by Crippen LogP contribution is 2.25. The van der Waals surface area contributed by atoms with Crippen LogP contribution >= 0.6 is 15.9 Å². The van der Waals surface area contributed by atoms with Crippen LogP contribution in [0.3, 0.4) is 0 Å². The maximum atomic E-state index is 11.7. The van der Waals surface area contributed by atoms with Crippen LogP contribution in [0.4, 0.5) is 0 Å². The van der Waals surface area contributed by atoms with E-state index in [0.717, 1.165) is 15.8 Å². The average molecular weight is 344 g/mol. The van der Waals surface area contributed by atoms with E-state index < -0.39 is 11.5 Å². The van der Waals surface area contributed by atoms with E-state index in [1.807, 2.05) is 18.2 Å². The van der Waals surface area contributed by atoms with E-state index in [9.17, 15) is 9.59 Å². The number of nitrogens with one attached hydrogen (secondary N) is 1. The van der Waals surface area contributed by atoms with Crippen molar-refractivity contribution in [2.75, 3.05) is 7.11 Å². The Bertz CT molecular complexity index is 514. The van der Waals surface area contributed by atoms with E-state index in [2.05, 4.69) is 21.2 Å². The molecule has 5 nitrogen and oxygen atoms in total. The summed E-state index contributed by atoms with van der Waals surface area (Å²) in [5.41, 5.74) is -0.279. The number of methoxy groups -OCH3 is 1. The van der Waals surface area contributed by atoms with Crippen LogP contribution in [0.2, 0.25) is 0 Å². The first-order valence-corrected chi connectivity index (χ1v) is 6.92. The molecule has 0 saturated carbocycles. The van der Waals surface area contributed by atoms with Gasteiger partial charge in [0.25, 0.3) is 0 Å². The Morgan fingerprint density at radius 3 is 2.55 bits per heavy atom. The summed E-state index contributed by atoms with van der Waals surface area (Å²) in [5, 5.41) is 11.4. The van der Waals surface area contributed by atoms with Crippen LogP contribution in [0.1, 0.15) is 25.8 Å². The van der Waals surface area contributed by atoms with Gasteiger partial charge in [-0.2, -0.15) is 0 Å². The summed E-state index contributed by atoms with van der Waals surface area (Å²) in [6, 6.07) is 5.58. The van der Waals surface area contributed by atoms with Crippen molar-refractivity contribution in [3.8, 4) is 5.75 Å². The molecule has 0 aliphatic carbocycles. The third-order valence-corrected chi connectivity index (χ3v) is 3.46. The Morgan fingerprint density at radius 1 is 1.40 bits per heavy atom. The Balaban J connectivity index is 2.57. The first-order chi connectivity index (χ1) is 9.26. The van der Waals surface area contributed by atoms with E-state index in [4.69, 9.17) is 9.84 Å². The highest BCUT2D eigenvalue weighted by atomic mass is 79.9. The van der Waals surface area contributed by atoms with E-state index >= 15 is 0 Å². The number of aliphatic carboxylic acids is 1. The number of hydrogen-bond donors (Lipinski definition) is 2. The fourth-order valence-electron chi connectivity index (χ4n) is 1.59. The third kappa shape index (κ3) is 4.52. The Labute approximate surface area is 126 Å². The molecule has 0 radical (unpaired) electrons. The lowest BCUT2D eigenvalue weighted by Gasteiger charge is -2.20. The van der Waals surface area contributed by atoms with Crippen LogP contribution in [0.5, 0.6) is 5.75 Å². The van der Waals surface area contributed by atoms with Crippen molar-refractivity contribution in [3.05, 3.63) is 28.2 Å². The number of rotatable bonds is 6. The largest absolute Gasteiger partial charge is 0.496 e. The van der Waals surface area contributed by atoms with Gasteiger partial charge < -0.3 is 15.2 Å². The summed E-state index contributed by atoms with van der Waals surface area (Å²) in [6.45, 7) is 2.91. The molecule has 0 aromatic heterocycles. The summed E-state index contributed by atoms with van der Waals surface area (Å²) in [5.74, 6) is -0.618. The Hall–Kier alpha value is -1.56. The number of carboxylic acid groups (broad SMARTS) is 1. The minimum Gasteiger partial charge on any atom is -0.496 e. The second-order valence-corrected chi connectivity index (χ2v) is 5.80. The molecule has 1 aromatic carbocycles. The molecule has 0 unspecified atom stereocenters. The van der Waals surface area contributed by atoms with Crippen molar-refractivity contribution >= 4 is 27.8 Å². The SMILES string of the molecule is COc1ccc(CCC(=O)NC(C)(C)C(=O)O)cc1Br. The zero-order valence-electron chi connectivity index (χ0n) is 11.7. The van der Waals surface area contributed by atoms with Gasteiger partial charge in [0, 0.05) is 6.42 Å². The van der Waals surface area contributed by atoms with Gasteiger partial charge in [0.2, 0.25) is 5.91 Å². The quantitative estimate of drug-likeness (QED) is 0.831. The van der Waals surface area contributed by atoms with Crippen LogP contribution in [-0.4, -0.2) is 29.6 Å². The van der Waals surface area contributed by atoms with Crippen molar-refractivity contribution in [2.24, 2.45) is 0 Å². The molecule has 1 rings (SSSR count). The number of carboxylic acids is 1. The smallest absolute Gasteiger partial charge is 0.328 e. The highest BCUT2D eigenvalue weighted by Gasteiger charge is 2.28. The maximum Gasteiger partial charge on any atom is 0.328 e. The normalized spacial score (nSPS) is 11.0. The second kappa shape index (κ2) is 6.74.